The van der Waals surface area contributed by atoms with Crippen LogP contribution in [0.5, 0.6) is 0 Å². The third kappa shape index (κ3) is 3.25. The first-order chi connectivity index (χ1) is 12.6. The number of anilines is 1. The summed E-state index contributed by atoms with van der Waals surface area (Å²) in [5.74, 6) is 1.39. The fourth-order valence-corrected chi connectivity index (χ4v) is 4.08. The number of nitrogens with zero attached hydrogens (tertiary/aromatic N) is 4. The molecule has 0 aliphatic carbocycles. The molecule has 0 aromatic carbocycles. The fourth-order valence-electron chi connectivity index (χ4n) is 4.08. The molecule has 2 atom stereocenters. The van der Waals surface area contributed by atoms with Crippen LogP contribution < -0.4 is 10.2 Å². The summed E-state index contributed by atoms with van der Waals surface area (Å²) in [5.41, 5.74) is 1.56. The van der Waals surface area contributed by atoms with Crippen LogP contribution in [0.2, 0.25) is 0 Å². The van der Waals surface area contributed by atoms with Crippen LogP contribution in [0.3, 0.4) is 0 Å². The molecule has 8 nitrogen and oxygen atoms in total. The van der Waals surface area contributed by atoms with Crippen molar-refractivity contribution in [2.75, 3.05) is 24.6 Å². The van der Waals surface area contributed by atoms with E-state index in [0.717, 1.165) is 43.7 Å². The van der Waals surface area contributed by atoms with Crippen molar-refractivity contribution in [1.29, 1.82) is 0 Å². The van der Waals surface area contributed by atoms with Crippen molar-refractivity contribution in [3.05, 3.63) is 12.7 Å². The van der Waals surface area contributed by atoms with Crippen LogP contribution in [0.1, 0.15) is 33.1 Å². The van der Waals surface area contributed by atoms with Gasteiger partial charge in [-0.05, 0) is 25.2 Å². The number of ether oxygens (including phenoxy) is 1. The molecule has 2 saturated heterocycles. The molecule has 0 saturated carbocycles. The molecule has 8 heteroatoms. The van der Waals surface area contributed by atoms with Gasteiger partial charge in [-0.1, -0.05) is 13.8 Å². The van der Waals surface area contributed by atoms with Gasteiger partial charge < -0.3 is 19.9 Å². The highest BCUT2D eigenvalue weighted by molar-refractivity contribution is 5.83. The summed E-state index contributed by atoms with van der Waals surface area (Å²) in [6.07, 6.45) is 5.89. The van der Waals surface area contributed by atoms with E-state index in [1.54, 1.807) is 12.7 Å². The van der Waals surface area contributed by atoms with Gasteiger partial charge in [0.1, 0.15) is 11.8 Å². The topological polar surface area (TPSA) is 96.0 Å². The number of hydrogen-bond acceptors (Lipinski definition) is 6. The van der Waals surface area contributed by atoms with Gasteiger partial charge in [0.15, 0.2) is 11.5 Å². The highest BCUT2D eigenvalue weighted by Gasteiger charge is 2.37. The summed E-state index contributed by atoms with van der Waals surface area (Å²) >= 11 is 0. The molecule has 1 amide bonds. The maximum absolute atomic E-state index is 12.7. The van der Waals surface area contributed by atoms with Gasteiger partial charge in [-0.3, -0.25) is 4.79 Å². The quantitative estimate of drug-likeness (QED) is 0.860. The van der Waals surface area contributed by atoms with Gasteiger partial charge in [0, 0.05) is 25.7 Å². The van der Waals surface area contributed by atoms with E-state index in [1.807, 2.05) is 0 Å². The van der Waals surface area contributed by atoms with Gasteiger partial charge >= 0.3 is 0 Å². The molecule has 2 N–H and O–H groups in total. The Morgan fingerprint density at radius 2 is 2.08 bits per heavy atom. The summed E-state index contributed by atoms with van der Waals surface area (Å²) in [6.45, 7) is 6.63. The second-order valence-electron chi connectivity index (χ2n) is 7.54. The minimum absolute atomic E-state index is 0.0143. The molecular weight excluding hydrogens is 332 g/mol. The number of carbonyl (C=O) groups excluding carboxylic acids is 1. The first-order valence-electron chi connectivity index (χ1n) is 9.44. The number of rotatable bonds is 4. The average Bonchev–Trinajstić information content (AvgIpc) is 3.31. The van der Waals surface area contributed by atoms with Crippen LogP contribution in [0.25, 0.3) is 11.2 Å². The largest absolute Gasteiger partial charge is 0.377 e. The van der Waals surface area contributed by atoms with E-state index in [0.29, 0.717) is 18.2 Å². The van der Waals surface area contributed by atoms with E-state index < -0.39 is 0 Å². The van der Waals surface area contributed by atoms with Crippen LogP contribution in [0, 0.1) is 11.8 Å². The number of hydrogen-bond donors (Lipinski definition) is 2. The number of imidazole rings is 1. The molecule has 0 spiro atoms. The number of fused-ring (bicyclic) bond motifs is 1. The normalized spacial score (nSPS) is 24.5. The van der Waals surface area contributed by atoms with Crippen molar-refractivity contribution in [3.63, 3.8) is 0 Å². The van der Waals surface area contributed by atoms with Crippen molar-refractivity contribution in [3.8, 4) is 0 Å². The molecule has 2 unspecified atom stereocenters. The Morgan fingerprint density at radius 3 is 2.85 bits per heavy atom. The summed E-state index contributed by atoms with van der Waals surface area (Å²) in [7, 11) is 0. The standard InChI is InChI=1S/C18H26N6O2/c1-11(2)15-13(5-8-26-15)18(25)23-12-3-6-24(7-4-12)17-14-16(20-9-19-14)21-10-22-17/h9-13,15H,3-8H2,1-2H3,(H,23,25)(H,19,20,21,22). The first-order valence-corrected chi connectivity index (χ1v) is 9.44. The van der Waals surface area contributed by atoms with Crippen LogP contribution in [0.4, 0.5) is 5.82 Å². The molecule has 0 radical (unpaired) electrons. The fraction of sp³-hybridized carbons (Fsp3) is 0.667. The summed E-state index contributed by atoms with van der Waals surface area (Å²) in [4.78, 5) is 30.8. The minimum atomic E-state index is -0.0143. The van der Waals surface area contributed by atoms with Crippen LogP contribution >= 0.6 is 0 Å². The number of carbonyl (C=O) groups is 1. The number of piperidine rings is 1. The third-order valence-electron chi connectivity index (χ3n) is 5.47. The zero-order valence-electron chi connectivity index (χ0n) is 15.3. The molecule has 2 aliphatic rings. The monoisotopic (exact) mass is 358 g/mol. The number of amides is 1. The highest BCUT2D eigenvalue weighted by Crippen LogP contribution is 2.28. The van der Waals surface area contributed by atoms with Gasteiger partial charge in [-0.2, -0.15) is 0 Å². The van der Waals surface area contributed by atoms with E-state index in [9.17, 15) is 4.79 Å². The average molecular weight is 358 g/mol. The van der Waals surface area contributed by atoms with Crippen molar-refractivity contribution in [2.45, 2.75) is 45.3 Å². The molecule has 2 fully saturated rings. The predicted molar refractivity (Wildman–Crippen MR) is 97.7 cm³/mol. The van der Waals surface area contributed by atoms with Crippen molar-refractivity contribution < 1.29 is 9.53 Å². The second-order valence-corrected chi connectivity index (χ2v) is 7.54. The number of aromatic amines is 1. The first kappa shape index (κ1) is 17.2. The highest BCUT2D eigenvalue weighted by atomic mass is 16.5. The zero-order chi connectivity index (χ0) is 18.1. The van der Waals surface area contributed by atoms with Crippen molar-refractivity contribution in [1.82, 2.24) is 25.3 Å². The number of nitrogens with one attached hydrogen (secondary N) is 2. The van der Waals surface area contributed by atoms with E-state index in [4.69, 9.17) is 4.74 Å². The summed E-state index contributed by atoms with van der Waals surface area (Å²) in [6, 6.07) is 0.214. The molecule has 0 bridgehead atoms. The maximum Gasteiger partial charge on any atom is 0.226 e. The minimum Gasteiger partial charge on any atom is -0.377 e. The van der Waals surface area contributed by atoms with Crippen molar-refractivity contribution in [2.24, 2.45) is 11.8 Å². The Hall–Kier alpha value is -2.22. The van der Waals surface area contributed by atoms with E-state index in [1.165, 1.54) is 0 Å². The Morgan fingerprint density at radius 1 is 1.27 bits per heavy atom. The summed E-state index contributed by atoms with van der Waals surface area (Å²) < 4.78 is 5.75. The molecule has 140 valence electrons. The second kappa shape index (κ2) is 7.19. The van der Waals surface area contributed by atoms with Crippen molar-refractivity contribution >= 4 is 22.9 Å². The Labute approximate surface area is 152 Å². The van der Waals surface area contributed by atoms with E-state index in [2.05, 4.69) is 44.0 Å². The van der Waals surface area contributed by atoms with Gasteiger partial charge in [0.25, 0.3) is 0 Å². The number of aromatic nitrogens is 4. The maximum atomic E-state index is 12.7. The smallest absolute Gasteiger partial charge is 0.226 e. The van der Waals surface area contributed by atoms with Gasteiger partial charge in [-0.25, -0.2) is 15.0 Å². The molecule has 4 rings (SSSR count). The van der Waals surface area contributed by atoms with Crippen LogP contribution in [0.15, 0.2) is 12.7 Å². The molecule has 2 aromatic heterocycles. The molecular formula is C18H26N6O2. The molecule has 26 heavy (non-hydrogen) atoms. The SMILES string of the molecule is CC(C)C1OCCC1C(=O)NC1CCN(c2ncnc3nc[nH]c23)CC1. The van der Waals surface area contributed by atoms with Crippen LogP contribution in [-0.4, -0.2) is 57.7 Å². The third-order valence-corrected chi connectivity index (χ3v) is 5.47. The molecule has 4 heterocycles. The van der Waals surface area contributed by atoms with Gasteiger partial charge in [0.2, 0.25) is 5.91 Å². The Bertz CT molecular complexity index is 768. The number of H-pyrrole nitrogens is 1. The van der Waals surface area contributed by atoms with Crippen LogP contribution in [-0.2, 0) is 9.53 Å². The van der Waals surface area contributed by atoms with E-state index in [-0.39, 0.29) is 24.0 Å². The lowest BCUT2D eigenvalue weighted by molar-refractivity contribution is -0.128. The lowest BCUT2D eigenvalue weighted by Crippen LogP contribution is -2.48. The lowest BCUT2D eigenvalue weighted by Gasteiger charge is -2.34. The van der Waals surface area contributed by atoms with Gasteiger partial charge in [-0.15, -0.1) is 0 Å². The summed E-state index contributed by atoms with van der Waals surface area (Å²) in [5, 5.41) is 3.25. The van der Waals surface area contributed by atoms with E-state index >= 15 is 0 Å². The lowest BCUT2D eigenvalue weighted by atomic mass is 9.91. The Balaban J connectivity index is 1.35. The van der Waals surface area contributed by atoms with Gasteiger partial charge in [0.05, 0.1) is 18.3 Å². The Kier molecular flexibility index (Phi) is 4.76. The molecule has 2 aliphatic heterocycles. The predicted octanol–water partition coefficient (Wildman–Crippen LogP) is 1.50. The molecule has 2 aromatic rings. The zero-order valence-corrected chi connectivity index (χ0v) is 15.3.